The normalized spacial score (nSPS) is 5.56. The maximum atomic E-state index is 8.89. The van der Waals surface area contributed by atoms with Crippen LogP contribution < -0.4 is 10.2 Å². The molecule has 0 saturated carbocycles. The van der Waals surface area contributed by atoms with E-state index in [1.54, 1.807) is 0 Å². The summed E-state index contributed by atoms with van der Waals surface area (Å²) >= 11 is 0. The molecule has 0 fully saturated rings. The van der Waals surface area contributed by atoms with Crippen molar-refractivity contribution in [2.45, 2.75) is 13.8 Å². The van der Waals surface area contributed by atoms with Crippen LogP contribution in [-0.2, 0) is 9.59 Å². The summed E-state index contributed by atoms with van der Waals surface area (Å²) in [7, 11) is 0. The molecule has 0 aliphatic heterocycles. The number of hydrogen-bond donors (Lipinski definition) is 0. The number of carboxylic acid groups (broad SMARTS) is 2. The van der Waals surface area contributed by atoms with Crippen molar-refractivity contribution in [3.8, 4) is 0 Å². The summed E-state index contributed by atoms with van der Waals surface area (Å²) in [6.45, 7) is 1.94. The van der Waals surface area contributed by atoms with E-state index in [4.69, 9.17) is 19.8 Å². The van der Waals surface area contributed by atoms with E-state index in [0.717, 1.165) is 13.8 Å². The van der Waals surface area contributed by atoms with Gasteiger partial charge in [-0.1, -0.05) is 12.4 Å². The van der Waals surface area contributed by atoms with Crippen LogP contribution in [0, 0.1) is 12.4 Å². The van der Waals surface area contributed by atoms with Gasteiger partial charge in [0, 0.05) is 11.9 Å². The fraction of sp³-hybridized carbons (Fsp3) is 0.500. The Morgan fingerprint density at radius 2 is 1.00 bits per heavy atom. The van der Waals surface area contributed by atoms with Crippen molar-refractivity contribution in [3.05, 3.63) is 0 Å². The minimum absolute atomic E-state index is 0. The molecule has 0 rings (SSSR count). The number of carbonyl (C=O) groups is 2. The SMILES string of the molecule is CC(=O)[O-].CC(=O)[O-].[ClH3+2]. The molecular formula is C4H9ClO4. The maximum Gasteiger partial charge on any atom is 0.0383 e. The van der Waals surface area contributed by atoms with Gasteiger partial charge in [-0.15, -0.1) is 0 Å². The number of carbonyl (C=O) groups excluding carboxylic acids is 2. The maximum absolute atomic E-state index is 8.89. The minimum atomic E-state index is -1.08. The van der Waals surface area contributed by atoms with Gasteiger partial charge in [-0.05, 0) is 13.8 Å². The van der Waals surface area contributed by atoms with Crippen LogP contribution in [0.25, 0.3) is 0 Å². The Morgan fingerprint density at radius 3 is 1.00 bits per heavy atom. The van der Waals surface area contributed by atoms with Gasteiger partial charge < -0.3 is 19.8 Å². The monoisotopic (exact) mass is 156 g/mol. The lowest BCUT2D eigenvalue weighted by Crippen LogP contribution is -2.16. The molecule has 0 heterocycles. The zero-order chi connectivity index (χ0) is 7.15. The Hall–Kier alpha value is -0.770. The summed E-state index contributed by atoms with van der Waals surface area (Å²) in [5, 5.41) is 17.8. The molecule has 0 unspecified atom stereocenters. The third kappa shape index (κ3) is 334. The second-order valence-corrected chi connectivity index (χ2v) is 0.983. The van der Waals surface area contributed by atoms with Crippen LogP contribution in [0.15, 0.2) is 0 Å². The smallest absolute Gasteiger partial charge is 0.0383 e. The number of aliphatic carboxylic acids is 2. The Bertz CT molecular complexity index is 70.6. The molecule has 0 N–H and O–H groups in total. The van der Waals surface area contributed by atoms with Crippen molar-refractivity contribution in [1.82, 2.24) is 0 Å². The van der Waals surface area contributed by atoms with E-state index in [0.29, 0.717) is 0 Å². The number of carboxylic acids is 2. The molecule has 0 atom stereocenters. The van der Waals surface area contributed by atoms with Crippen LogP contribution in [0.2, 0.25) is 0 Å². The zero-order valence-corrected chi connectivity index (χ0v) is 6.13. The molecule has 9 heavy (non-hydrogen) atoms. The molecule has 0 aromatic carbocycles. The summed E-state index contributed by atoms with van der Waals surface area (Å²) in [5.41, 5.74) is 0. The molecule has 5 heteroatoms. The average Bonchev–Trinajstić information content (AvgIpc) is 1.25. The van der Waals surface area contributed by atoms with Crippen molar-refractivity contribution in [3.63, 3.8) is 0 Å². The average molecular weight is 157 g/mol. The van der Waals surface area contributed by atoms with E-state index in [9.17, 15) is 0 Å². The first-order valence-corrected chi connectivity index (χ1v) is 1.82. The summed E-state index contributed by atoms with van der Waals surface area (Å²) in [6.07, 6.45) is 0. The van der Waals surface area contributed by atoms with Crippen molar-refractivity contribution >= 4 is 11.9 Å². The lowest BCUT2D eigenvalue weighted by atomic mass is 10.9. The van der Waals surface area contributed by atoms with Gasteiger partial charge in [0.1, 0.15) is 0 Å². The highest BCUT2D eigenvalue weighted by Gasteiger charge is 1.46. The van der Waals surface area contributed by atoms with Crippen LogP contribution in [0.1, 0.15) is 13.8 Å². The van der Waals surface area contributed by atoms with Gasteiger partial charge in [0.05, 0.1) is 0 Å². The summed E-state index contributed by atoms with van der Waals surface area (Å²) in [4.78, 5) is 17.8. The van der Waals surface area contributed by atoms with Gasteiger partial charge in [0.15, 0.2) is 0 Å². The zero-order valence-electron chi connectivity index (χ0n) is 5.13. The second kappa shape index (κ2) is 10.3. The Morgan fingerprint density at radius 1 is 1.00 bits per heavy atom. The molecule has 0 amide bonds. The lowest BCUT2D eigenvalue weighted by molar-refractivity contribution is -0.303. The van der Waals surface area contributed by atoms with Gasteiger partial charge in [0.25, 0.3) is 0 Å². The number of rotatable bonds is 0. The van der Waals surface area contributed by atoms with E-state index >= 15 is 0 Å². The van der Waals surface area contributed by atoms with Crippen molar-refractivity contribution in [2.75, 3.05) is 0 Å². The first-order chi connectivity index (χ1) is 3.46. The highest BCUT2D eigenvalue weighted by Crippen LogP contribution is 1.31. The molecule has 56 valence electrons. The van der Waals surface area contributed by atoms with Crippen LogP contribution in [0.3, 0.4) is 0 Å². The summed E-state index contributed by atoms with van der Waals surface area (Å²) in [5.74, 6) is -2.17. The molecule has 0 spiro atoms. The molecule has 0 aromatic rings. The number of halogens is 1. The predicted molar refractivity (Wildman–Crippen MR) is 25.5 cm³/mol. The largest absolute Gasteiger partial charge is 0.550 e. The van der Waals surface area contributed by atoms with Crippen molar-refractivity contribution in [1.29, 1.82) is 0 Å². The standard InChI is InChI=1S/2C2H4O2.ClH3/c2*1-2(3)4;/h2*1H3,(H,3,4);1H3/q;;+2/p-2. The third-order valence-electron chi connectivity index (χ3n) is 0. The highest BCUT2D eigenvalue weighted by molar-refractivity contribution is 5.60. The lowest BCUT2D eigenvalue weighted by Gasteiger charge is -1.77. The molecular weight excluding hydrogens is 147 g/mol. The highest BCUT2D eigenvalue weighted by atomic mass is 35.5. The quantitative estimate of drug-likeness (QED) is 0.368. The Labute approximate surface area is 58.9 Å². The van der Waals surface area contributed by atoms with E-state index in [1.165, 1.54) is 0 Å². The second-order valence-electron chi connectivity index (χ2n) is 0.983. The molecule has 0 radical (unpaired) electrons. The van der Waals surface area contributed by atoms with Crippen LogP contribution in [0.5, 0.6) is 0 Å². The van der Waals surface area contributed by atoms with Crippen LogP contribution in [0.4, 0.5) is 0 Å². The van der Waals surface area contributed by atoms with E-state index in [1.807, 2.05) is 0 Å². The summed E-state index contributed by atoms with van der Waals surface area (Å²) in [6, 6.07) is 0. The molecule has 0 bridgehead atoms. The van der Waals surface area contributed by atoms with Crippen LogP contribution in [-0.4, -0.2) is 11.9 Å². The fourth-order valence-corrected chi connectivity index (χ4v) is 0. The Kier molecular flexibility index (Phi) is 17.9. The third-order valence-corrected chi connectivity index (χ3v) is 0. The van der Waals surface area contributed by atoms with E-state index in [-0.39, 0.29) is 12.4 Å². The molecule has 0 aliphatic carbocycles. The van der Waals surface area contributed by atoms with Crippen molar-refractivity contribution in [2.24, 2.45) is 0 Å². The van der Waals surface area contributed by atoms with Crippen LogP contribution >= 0.6 is 0 Å². The topological polar surface area (TPSA) is 80.3 Å². The molecule has 0 aliphatic rings. The van der Waals surface area contributed by atoms with Gasteiger partial charge in [-0.2, -0.15) is 0 Å². The van der Waals surface area contributed by atoms with Gasteiger partial charge in [0.2, 0.25) is 0 Å². The molecule has 0 saturated heterocycles. The Balaban J connectivity index is -0.0000000720. The predicted octanol–water partition coefficient (Wildman–Crippen LogP) is -3.29. The van der Waals surface area contributed by atoms with Crippen molar-refractivity contribution < 1.29 is 32.2 Å². The summed E-state index contributed by atoms with van der Waals surface area (Å²) < 4.78 is 0. The number of hydrogen-bond acceptors (Lipinski definition) is 4. The minimum Gasteiger partial charge on any atom is -0.550 e. The van der Waals surface area contributed by atoms with Gasteiger partial charge >= 0.3 is 0 Å². The molecule has 4 nitrogen and oxygen atoms in total. The molecule has 0 aromatic heterocycles. The first-order valence-electron chi connectivity index (χ1n) is 1.82. The van der Waals surface area contributed by atoms with E-state index in [2.05, 4.69) is 0 Å². The van der Waals surface area contributed by atoms with Gasteiger partial charge in [-0.3, -0.25) is 0 Å². The van der Waals surface area contributed by atoms with E-state index < -0.39 is 11.9 Å². The fourth-order valence-electron chi connectivity index (χ4n) is 0. The first kappa shape index (κ1) is 15.7. The van der Waals surface area contributed by atoms with Gasteiger partial charge in [-0.25, -0.2) is 0 Å².